The molecule has 2 amide bonds. The van der Waals surface area contributed by atoms with Crippen LogP contribution < -0.4 is 10.6 Å². The third-order valence-electron chi connectivity index (χ3n) is 3.98. The Morgan fingerprint density at radius 1 is 1.21 bits per heavy atom. The van der Waals surface area contributed by atoms with Gasteiger partial charge in [-0.3, -0.25) is 9.59 Å². The molecule has 7 nitrogen and oxygen atoms in total. The van der Waals surface area contributed by atoms with Gasteiger partial charge in [-0.15, -0.1) is 5.10 Å². The normalized spacial score (nSPS) is 13.6. The van der Waals surface area contributed by atoms with Crippen LogP contribution in [0.2, 0.25) is 0 Å². The molecule has 0 radical (unpaired) electrons. The lowest BCUT2D eigenvalue weighted by atomic mass is 10.1. The van der Waals surface area contributed by atoms with E-state index in [1.807, 2.05) is 0 Å². The fourth-order valence-corrected chi connectivity index (χ4v) is 2.53. The molecule has 0 bridgehead atoms. The molecule has 1 aromatic carbocycles. The molecular weight excluding hydrogens is 306 g/mol. The summed E-state index contributed by atoms with van der Waals surface area (Å²) in [4.78, 5) is 24.0. The smallest absolute Gasteiger partial charge is 0.273 e. The first-order chi connectivity index (χ1) is 11.6. The van der Waals surface area contributed by atoms with Gasteiger partial charge >= 0.3 is 0 Å². The van der Waals surface area contributed by atoms with Gasteiger partial charge in [-0.2, -0.15) is 0 Å². The van der Waals surface area contributed by atoms with Gasteiger partial charge in [0, 0.05) is 18.7 Å². The minimum Gasteiger partial charge on any atom is -0.355 e. The number of carbonyl (C=O) groups is 2. The minimum absolute atomic E-state index is 0.140. The van der Waals surface area contributed by atoms with E-state index >= 15 is 0 Å². The molecule has 3 rings (SSSR count). The summed E-state index contributed by atoms with van der Waals surface area (Å²) in [6, 6.07) is 7.36. The molecular formula is C17H21N5O2. The summed E-state index contributed by atoms with van der Waals surface area (Å²) < 4.78 is 1.68. The largest absolute Gasteiger partial charge is 0.355 e. The van der Waals surface area contributed by atoms with Crippen molar-refractivity contribution in [3.8, 4) is 5.69 Å². The molecule has 1 aliphatic carbocycles. The molecule has 0 aliphatic heterocycles. The zero-order valence-electron chi connectivity index (χ0n) is 13.9. The summed E-state index contributed by atoms with van der Waals surface area (Å²) in [6.45, 7) is 2.05. The second-order valence-corrected chi connectivity index (χ2v) is 5.92. The predicted octanol–water partition coefficient (Wildman–Crippen LogP) is 1.47. The maximum atomic E-state index is 12.3. The highest BCUT2D eigenvalue weighted by Gasteiger charge is 2.27. The quantitative estimate of drug-likeness (QED) is 0.841. The monoisotopic (exact) mass is 327 g/mol. The molecule has 0 atom stereocenters. The Hall–Kier alpha value is -2.70. The Bertz CT molecular complexity index is 747. The molecule has 7 heteroatoms. The zero-order chi connectivity index (χ0) is 17.1. The second-order valence-electron chi connectivity index (χ2n) is 5.92. The Balaban J connectivity index is 1.90. The number of nitrogens with zero attached hydrogens (tertiary/aromatic N) is 3. The van der Waals surface area contributed by atoms with Gasteiger partial charge in [-0.25, -0.2) is 4.68 Å². The number of amides is 2. The first-order valence-corrected chi connectivity index (χ1v) is 8.22. The van der Waals surface area contributed by atoms with E-state index in [1.165, 1.54) is 0 Å². The van der Waals surface area contributed by atoms with Crippen LogP contribution >= 0.6 is 0 Å². The van der Waals surface area contributed by atoms with Gasteiger partial charge in [0.25, 0.3) is 11.8 Å². The van der Waals surface area contributed by atoms with Crippen LogP contribution in [0.15, 0.2) is 24.3 Å². The Morgan fingerprint density at radius 3 is 2.50 bits per heavy atom. The van der Waals surface area contributed by atoms with Gasteiger partial charge in [0.15, 0.2) is 5.69 Å². The summed E-state index contributed by atoms with van der Waals surface area (Å²) in [5, 5.41) is 13.8. The van der Waals surface area contributed by atoms with Crippen molar-refractivity contribution >= 4 is 11.8 Å². The van der Waals surface area contributed by atoms with E-state index in [0.29, 0.717) is 17.7 Å². The van der Waals surface area contributed by atoms with Crippen LogP contribution in [0.25, 0.3) is 5.69 Å². The number of benzene rings is 1. The molecule has 2 aromatic rings. The van der Waals surface area contributed by atoms with Crippen LogP contribution in [-0.2, 0) is 6.42 Å². The van der Waals surface area contributed by atoms with Crippen molar-refractivity contribution in [2.75, 3.05) is 7.05 Å². The van der Waals surface area contributed by atoms with E-state index in [2.05, 4.69) is 27.9 Å². The van der Waals surface area contributed by atoms with Crippen LogP contribution in [0, 0.1) is 0 Å². The molecule has 1 aromatic heterocycles. The molecule has 1 aliphatic rings. The standard InChI is InChI=1S/C17H21N5O2/c1-3-4-14-15(17(24)19-12-7-8-12)20-21-22(14)13-9-5-11(6-10-13)16(23)18-2/h5-6,9-10,12H,3-4,7-8H2,1-2H3,(H,18,23)(H,19,24). The molecule has 2 N–H and O–H groups in total. The molecule has 126 valence electrons. The van der Waals surface area contributed by atoms with Gasteiger partial charge < -0.3 is 10.6 Å². The fourth-order valence-electron chi connectivity index (χ4n) is 2.53. The average Bonchev–Trinajstić information content (AvgIpc) is 3.32. The Kier molecular flexibility index (Phi) is 4.59. The van der Waals surface area contributed by atoms with Crippen molar-refractivity contribution in [1.82, 2.24) is 25.6 Å². The van der Waals surface area contributed by atoms with Crippen molar-refractivity contribution in [2.24, 2.45) is 0 Å². The number of hydrogen-bond donors (Lipinski definition) is 2. The van der Waals surface area contributed by atoms with Gasteiger partial charge in [0.1, 0.15) is 0 Å². The van der Waals surface area contributed by atoms with Crippen molar-refractivity contribution in [3.05, 3.63) is 41.2 Å². The third-order valence-corrected chi connectivity index (χ3v) is 3.98. The summed E-state index contributed by atoms with van der Waals surface area (Å²) in [6.07, 6.45) is 3.65. The highest BCUT2D eigenvalue weighted by Crippen LogP contribution is 2.21. The Morgan fingerprint density at radius 2 is 1.92 bits per heavy atom. The molecule has 0 saturated heterocycles. The maximum absolute atomic E-state index is 12.3. The summed E-state index contributed by atoms with van der Waals surface area (Å²) in [5.74, 6) is -0.299. The fraction of sp³-hybridized carbons (Fsp3) is 0.412. The van der Waals surface area contributed by atoms with Crippen molar-refractivity contribution < 1.29 is 9.59 Å². The zero-order valence-corrected chi connectivity index (χ0v) is 13.9. The molecule has 1 saturated carbocycles. The van der Waals surface area contributed by atoms with E-state index in [-0.39, 0.29) is 17.9 Å². The van der Waals surface area contributed by atoms with E-state index in [0.717, 1.165) is 30.6 Å². The summed E-state index contributed by atoms with van der Waals surface area (Å²) >= 11 is 0. The number of carbonyl (C=O) groups excluding carboxylic acids is 2. The highest BCUT2D eigenvalue weighted by molar-refractivity contribution is 5.94. The summed E-state index contributed by atoms with van der Waals surface area (Å²) in [5.41, 5.74) is 2.54. The topological polar surface area (TPSA) is 88.9 Å². The van der Waals surface area contributed by atoms with E-state index in [4.69, 9.17) is 0 Å². The van der Waals surface area contributed by atoms with Crippen molar-refractivity contribution in [2.45, 2.75) is 38.6 Å². The lowest BCUT2D eigenvalue weighted by molar-refractivity contribution is 0.0942. The van der Waals surface area contributed by atoms with Crippen LogP contribution in [0.4, 0.5) is 0 Å². The SMILES string of the molecule is CCCc1c(C(=O)NC2CC2)nnn1-c1ccc(C(=O)NC)cc1. The lowest BCUT2D eigenvalue weighted by Crippen LogP contribution is -2.27. The van der Waals surface area contributed by atoms with Gasteiger partial charge in [0.05, 0.1) is 11.4 Å². The molecule has 0 spiro atoms. The van der Waals surface area contributed by atoms with E-state index in [9.17, 15) is 9.59 Å². The van der Waals surface area contributed by atoms with Crippen LogP contribution in [0.1, 0.15) is 52.7 Å². The number of aromatic nitrogens is 3. The van der Waals surface area contributed by atoms with Gasteiger partial charge in [-0.05, 0) is 43.5 Å². The van der Waals surface area contributed by atoms with Gasteiger partial charge in [0.2, 0.25) is 0 Å². The molecule has 1 fully saturated rings. The first kappa shape index (κ1) is 16.2. The Labute approximate surface area is 140 Å². The lowest BCUT2D eigenvalue weighted by Gasteiger charge is -2.08. The third kappa shape index (κ3) is 3.29. The first-order valence-electron chi connectivity index (χ1n) is 8.22. The summed E-state index contributed by atoms with van der Waals surface area (Å²) in [7, 11) is 1.60. The van der Waals surface area contributed by atoms with Crippen LogP contribution in [0.5, 0.6) is 0 Å². The van der Waals surface area contributed by atoms with Crippen molar-refractivity contribution in [1.29, 1.82) is 0 Å². The molecule has 24 heavy (non-hydrogen) atoms. The average molecular weight is 327 g/mol. The minimum atomic E-state index is -0.158. The van der Waals surface area contributed by atoms with Crippen molar-refractivity contribution in [3.63, 3.8) is 0 Å². The highest BCUT2D eigenvalue weighted by atomic mass is 16.2. The van der Waals surface area contributed by atoms with Crippen LogP contribution in [0.3, 0.4) is 0 Å². The van der Waals surface area contributed by atoms with E-state index < -0.39 is 0 Å². The number of hydrogen-bond acceptors (Lipinski definition) is 4. The number of rotatable bonds is 6. The number of nitrogens with one attached hydrogen (secondary N) is 2. The second kappa shape index (κ2) is 6.82. The molecule has 1 heterocycles. The van der Waals surface area contributed by atoms with E-state index in [1.54, 1.807) is 36.0 Å². The molecule has 0 unspecified atom stereocenters. The maximum Gasteiger partial charge on any atom is 0.273 e. The predicted molar refractivity (Wildman–Crippen MR) is 89.2 cm³/mol. The van der Waals surface area contributed by atoms with Crippen LogP contribution in [-0.4, -0.2) is 39.9 Å². The van der Waals surface area contributed by atoms with Gasteiger partial charge in [-0.1, -0.05) is 18.6 Å².